The van der Waals surface area contributed by atoms with Crippen LogP contribution in [-0.2, 0) is 16.6 Å². The minimum atomic E-state index is -3.52. The number of anilines is 1. The number of hydrogen-bond donors (Lipinski definition) is 0. The Morgan fingerprint density at radius 3 is 2.73 bits per heavy atom. The maximum absolute atomic E-state index is 13.0. The Labute approximate surface area is 145 Å². The molecule has 0 saturated carbocycles. The minimum Gasteiger partial charge on any atom is -0.260 e. The van der Waals surface area contributed by atoms with E-state index in [1.165, 1.54) is 15.6 Å². The monoisotopic (exact) mass is 411 g/mol. The van der Waals surface area contributed by atoms with Gasteiger partial charge in [-0.1, -0.05) is 30.3 Å². The largest absolute Gasteiger partial charge is 0.274 e. The number of benzene rings is 1. The summed E-state index contributed by atoms with van der Waals surface area (Å²) in [6.07, 6.45) is 0. The molecule has 0 bridgehead atoms. The molecule has 0 amide bonds. The van der Waals surface area contributed by atoms with E-state index in [0.717, 1.165) is 25.5 Å². The van der Waals surface area contributed by atoms with Gasteiger partial charge >= 0.3 is 0 Å². The maximum Gasteiger partial charge on any atom is 0.274 e. The molecule has 0 N–H and O–H groups in total. The first-order chi connectivity index (χ1) is 10.6. The molecule has 0 saturated heterocycles. The Morgan fingerprint density at radius 1 is 1.14 bits per heavy atom. The fourth-order valence-electron chi connectivity index (χ4n) is 2.58. The van der Waals surface area contributed by atoms with Crippen molar-refractivity contribution in [2.45, 2.75) is 10.8 Å². The standard InChI is InChI=1S/C15H10BrNO2S3/c16-13-8-12-15(21-13)11-5-2-1-4-10(11)9-17(12)22(18,19)14-6-3-7-20-14/h1-8H,9H2. The van der Waals surface area contributed by atoms with Crippen LogP contribution in [0.3, 0.4) is 0 Å². The third-order valence-electron chi connectivity index (χ3n) is 3.57. The lowest BCUT2D eigenvalue weighted by Crippen LogP contribution is -2.32. The Hall–Kier alpha value is -1.15. The summed E-state index contributed by atoms with van der Waals surface area (Å²) in [6.45, 7) is 0.368. The highest BCUT2D eigenvalue weighted by Gasteiger charge is 2.33. The van der Waals surface area contributed by atoms with Gasteiger partial charge in [-0.15, -0.1) is 22.7 Å². The molecule has 1 aromatic carbocycles. The number of halogens is 1. The molecule has 4 rings (SSSR count). The summed E-state index contributed by atoms with van der Waals surface area (Å²) in [4.78, 5) is 0.994. The van der Waals surface area contributed by atoms with Crippen LogP contribution in [0.25, 0.3) is 10.4 Å². The van der Waals surface area contributed by atoms with E-state index in [4.69, 9.17) is 0 Å². The van der Waals surface area contributed by atoms with Gasteiger partial charge in [0.05, 0.1) is 20.9 Å². The summed E-state index contributed by atoms with van der Waals surface area (Å²) in [6, 6.07) is 13.3. The zero-order valence-corrected chi connectivity index (χ0v) is 15.2. The van der Waals surface area contributed by atoms with Crippen LogP contribution in [0.15, 0.2) is 55.8 Å². The van der Waals surface area contributed by atoms with Crippen LogP contribution in [0.5, 0.6) is 0 Å². The highest BCUT2D eigenvalue weighted by atomic mass is 79.9. The van der Waals surface area contributed by atoms with Crippen molar-refractivity contribution in [1.82, 2.24) is 0 Å². The van der Waals surface area contributed by atoms with Crippen LogP contribution in [0.2, 0.25) is 0 Å². The predicted octanol–water partition coefficient (Wildman–Crippen LogP) is 4.95. The van der Waals surface area contributed by atoms with Gasteiger partial charge in [-0.25, -0.2) is 8.42 Å². The number of rotatable bonds is 2. The number of sulfonamides is 1. The molecular weight excluding hydrogens is 402 g/mol. The number of thiophene rings is 2. The molecule has 0 spiro atoms. The van der Waals surface area contributed by atoms with Crippen molar-refractivity contribution in [2.75, 3.05) is 4.31 Å². The lowest BCUT2D eigenvalue weighted by atomic mass is 10.0. The lowest BCUT2D eigenvalue weighted by molar-refractivity contribution is 0.592. The second-order valence-corrected chi connectivity index (χ2v) is 10.3. The van der Waals surface area contributed by atoms with Gasteiger partial charge < -0.3 is 0 Å². The second kappa shape index (κ2) is 5.19. The fourth-order valence-corrected chi connectivity index (χ4v) is 6.84. The topological polar surface area (TPSA) is 37.4 Å². The van der Waals surface area contributed by atoms with Crippen molar-refractivity contribution in [3.63, 3.8) is 0 Å². The van der Waals surface area contributed by atoms with E-state index in [0.29, 0.717) is 10.8 Å². The van der Waals surface area contributed by atoms with Crippen LogP contribution < -0.4 is 4.31 Å². The molecule has 0 atom stereocenters. The molecule has 3 nitrogen and oxygen atoms in total. The Kier molecular flexibility index (Phi) is 3.41. The van der Waals surface area contributed by atoms with Gasteiger partial charge in [-0.05, 0) is 44.6 Å². The fraction of sp³-hybridized carbons (Fsp3) is 0.0667. The smallest absolute Gasteiger partial charge is 0.260 e. The molecule has 0 aliphatic carbocycles. The van der Waals surface area contributed by atoms with Crippen LogP contribution in [0, 0.1) is 0 Å². The summed E-state index contributed by atoms with van der Waals surface area (Å²) in [5.74, 6) is 0. The summed E-state index contributed by atoms with van der Waals surface area (Å²) in [5.41, 5.74) is 2.90. The molecule has 0 radical (unpaired) electrons. The normalized spacial score (nSPS) is 13.8. The van der Waals surface area contributed by atoms with Gasteiger partial charge in [0.1, 0.15) is 4.21 Å². The van der Waals surface area contributed by atoms with Crippen molar-refractivity contribution in [1.29, 1.82) is 0 Å². The SMILES string of the molecule is O=S(=O)(c1cccs1)N1Cc2ccccc2-c2sc(Br)cc21. The number of nitrogens with zero attached hydrogens (tertiary/aromatic N) is 1. The first-order valence-electron chi connectivity index (χ1n) is 6.51. The maximum atomic E-state index is 13.0. The molecule has 112 valence electrons. The second-order valence-electron chi connectivity index (χ2n) is 4.87. The molecule has 0 unspecified atom stereocenters. The molecular formula is C15H10BrNO2S3. The first-order valence-corrected chi connectivity index (χ1v) is 10.4. The zero-order chi connectivity index (χ0) is 15.3. The highest BCUT2D eigenvalue weighted by Crippen LogP contribution is 2.48. The minimum absolute atomic E-state index is 0.368. The quantitative estimate of drug-likeness (QED) is 0.598. The van der Waals surface area contributed by atoms with Gasteiger partial charge in [-0.3, -0.25) is 4.31 Å². The van der Waals surface area contributed by atoms with Crippen LogP contribution in [0.4, 0.5) is 5.69 Å². The Morgan fingerprint density at radius 2 is 1.95 bits per heavy atom. The molecule has 0 fully saturated rings. The molecule has 1 aliphatic heterocycles. The van der Waals surface area contributed by atoms with Crippen LogP contribution in [-0.4, -0.2) is 8.42 Å². The van der Waals surface area contributed by atoms with Gasteiger partial charge in [0.25, 0.3) is 10.0 Å². The summed E-state index contributed by atoms with van der Waals surface area (Å²) < 4.78 is 28.7. The van der Waals surface area contributed by atoms with Crippen molar-refractivity contribution in [3.8, 4) is 10.4 Å². The van der Waals surface area contributed by atoms with E-state index in [9.17, 15) is 8.42 Å². The van der Waals surface area contributed by atoms with Gasteiger partial charge in [0, 0.05) is 0 Å². The van der Waals surface area contributed by atoms with Crippen molar-refractivity contribution in [3.05, 3.63) is 57.2 Å². The van der Waals surface area contributed by atoms with Crippen molar-refractivity contribution >= 4 is 54.3 Å². The van der Waals surface area contributed by atoms with Gasteiger partial charge in [-0.2, -0.15) is 0 Å². The molecule has 7 heteroatoms. The van der Waals surface area contributed by atoms with E-state index >= 15 is 0 Å². The number of hydrogen-bond acceptors (Lipinski definition) is 4. The van der Waals surface area contributed by atoms with Crippen molar-refractivity contribution in [2.24, 2.45) is 0 Å². The van der Waals surface area contributed by atoms with E-state index in [1.54, 1.807) is 28.8 Å². The first kappa shape index (κ1) is 14.4. The van der Waals surface area contributed by atoms with Gasteiger partial charge in [0.2, 0.25) is 0 Å². The van der Waals surface area contributed by atoms with Crippen molar-refractivity contribution < 1.29 is 8.42 Å². The third-order valence-corrected chi connectivity index (χ3v) is 8.36. The Balaban J connectivity index is 1.94. The van der Waals surface area contributed by atoms with E-state index in [2.05, 4.69) is 15.9 Å². The predicted molar refractivity (Wildman–Crippen MR) is 95.1 cm³/mol. The average Bonchev–Trinajstić information content (AvgIpc) is 3.15. The summed E-state index contributed by atoms with van der Waals surface area (Å²) >= 11 is 6.30. The molecule has 3 heterocycles. The zero-order valence-electron chi connectivity index (χ0n) is 11.2. The van der Waals surface area contributed by atoms with Crippen LogP contribution in [0.1, 0.15) is 5.56 Å². The van der Waals surface area contributed by atoms with Crippen LogP contribution >= 0.6 is 38.6 Å². The lowest BCUT2D eigenvalue weighted by Gasteiger charge is -2.29. The molecule has 22 heavy (non-hydrogen) atoms. The summed E-state index contributed by atoms with van der Waals surface area (Å²) in [5, 5.41) is 1.79. The molecule has 2 aromatic heterocycles. The third kappa shape index (κ3) is 2.15. The van der Waals surface area contributed by atoms with Gasteiger partial charge in [0.15, 0.2) is 0 Å². The summed E-state index contributed by atoms with van der Waals surface area (Å²) in [7, 11) is -3.52. The van der Waals surface area contributed by atoms with E-state index in [-0.39, 0.29) is 0 Å². The van der Waals surface area contributed by atoms with E-state index < -0.39 is 10.0 Å². The average molecular weight is 412 g/mol. The Bertz CT molecular complexity index is 945. The highest BCUT2D eigenvalue weighted by molar-refractivity contribution is 9.11. The molecule has 3 aromatic rings. The van der Waals surface area contributed by atoms with E-state index in [1.807, 2.05) is 30.3 Å². The molecule has 1 aliphatic rings. The number of fused-ring (bicyclic) bond motifs is 3.